The van der Waals surface area contributed by atoms with Crippen LogP contribution < -0.4 is 0 Å². The molecule has 0 aliphatic heterocycles. The Bertz CT molecular complexity index is 884. The van der Waals surface area contributed by atoms with Crippen LogP contribution in [0.1, 0.15) is 24.5 Å². The van der Waals surface area contributed by atoms with E-state index in [2.05, 4.69) is 46.1 Å². The summed E-state index contributed by atoms with van der Waals surface area (Å²) < 4.78 is 0.672. The van der Waals surface area contributed by atoms with Crippen LogP contribution in [0, 0.1) is 4.77 Å². The summed E-state index contributed by atoms with van der Waals surface area (Å²) in [4.78, 5) is 8.82. The number of phenols is 1. The summed E-state index contributed by atoms with van der Waals surface area (Å²) in [6.45, 7) is 5.34. The number of aromatic amines is 2. The van der Waals surface area contributed by atoms with Gasteiger partial charge in [-0.2, -0.15) is 0 Å². The average molecular weight is 356 g/mol. The van der Waals surface area contributed by atoms with Gasteiger partial charge < -0.3 is 20.0 Å². The fourth-order valence-electron chi connectivity index (χ4n) is 3.17. The van der Waals surface area contributed by atoms with Gasteiger partial charge in [0.2, 0.25) is 0 Å². The quantitative estimate of drug-likeness (QED) is 0.524. The number of H-pyrrole nitrogens is 2. The van der Waals surface area contributed by atoms with Gasteiger partial charge in [0.05, 0.1) is 11.0 Å². The minimum atomic E-state index is 0.344. The molecule has 3 aromatic rings. The number of aromatic hydroxyl groups is 1. The largest absolute Gasteiger partial charge is 0.508 e. The van der Waals surface area contributed by atoms with Crippen LogP contribution in [-0.4, -0.2) is 39.6 Å². The SMILES string of the molecule is CCCN(CCc1cccc(O)c1)CCc1ccc2[nH]c(=S)[nH]c2c1. The van der Waals surface area contributed by atoms with Crippen LogP contribution in [-0.2, 0) is 12.8 Å². The van der Waals surface area contributed by atoms with Crippen molar-refractivity contribution in [2.75, 3.05) is 19.6 Å². The van der Waals surface area contributed by atoms with Crippen molar-refractivity contribution in [1.29, 1.82) is 0 Å². The van der Waals surface area contributed by atoms with Crippen molar-refractivity contribution >= 4 is 23.3 Å². The number of aromatic nitrogens is 2. The van der Waals surface area contributed by atoms with Gasteiger partial charge in [-0.15, -0.1) is 0 Å². The second-order valence-corrected chi connectivity index (χ2v) is 6.88. The molecule has 0 saturated carbocycles. The maximum Gasteiger partial charge on any atom is 0.175 e. The van der Waals surface area contributed by atoms with E-state index in [0.717, 1.165) is 49.9 Å². The minimum Gasteiger partial charge on any atom is -0.508 e. The molecule has 3 N–H and O–H groups in total. The van der Waals surface area contributed by atoms with Gasteiger partial charge in [-0.1, -0.05) is 25.1 Å². The Balaban J connectivity index is 1.59. The third kappa shape index (κ3) is 4.94. The van der Waals surface area contributed by atoms with Crippen LogP contribution in [0.15, 0.2) is 42.5 Å². The Morgan fingerprint density at radius 1 is 0.920 bits per heavy atom. The molecule has 3 rings (SSSR count). The van der Waals surface area contributed by atoms with E-state index in [4.69, 9.17) is 12.2 Å². The van der Waals surface area contributed by atoms with E-state index in [1.54, 1.807) is 6.07 Å². The summed E-state index contributed by atoms with van der Waals surface area (Å²) in [7, 11) is 0. The fraction of sp³-hybridized carbons (Fsp3) is 0.350. The summed E-state index contributed by atoms with van der Waals surface area (Å²) >= 11 is 5.15. The zero-order valence-electron chi connectivity index (χ0n) is 14.6. The normalized spacial score (nSPS) is 11.4. The second kappa shape index (κ2) is 8.32. The molecule has 0 amide bonds. The number of benzene rings is 2. The lowest BCUT2D eigenvalue weighted by atomic mass is 10.1. The molecule has 25 heavy (non-hydrogen) atoms. The van der Waals surface area contributed by atoms with E-state index in [1.165, 1.54) is 11.1 Å². The predicted octanol–water partition coefficient (Wildman–Crippen LogP) is 4.43. The third-order valence-electron chi connectivity index (χ3n) is 4.46. The molecule has 1 aromatic heterocycles. The predicted molar refractivity (Wildman–Crippen MR) is 106 cm³/mol. The number of fused-ring (bicyclic) bond motifs is 1. The Morgan fingerprint density at radius 2 is 1.64 bits per heavy atom. The first-order chi connectivity index (χ1) is 12.1. The Hall–Kier alpha value is -2.11. The lowest BCUT2D eigenvalue weighted by molar-refractivity contribution is 0.281. The van der Waals surface area contributed by atoms with Crippen molar-refractivity contribution in [2.24, 2.45) is 0 Å². The molecular weight excluding hydrogens is 330 g/mol. The molecule has 132 valence electrons. The fourth-order valence-corrected chi connectivity index (χ4v) is 3.39. The third-order valence-corrected chi connectivity index (χ3v) is 4.67. The molecule has 5 heteroatoms. The molecule has 0 radical (unpaired) electrons. The molecule has 0 unspecified atom stereocenters. The van der Waals surface area contributed by atoms with Gasteiger partial charge >= 0.3 is 0 Å². The number of hydrogen-bond donors (Lipinski definition) is 3. The second-order valence-electron chi connectivity index (χ2n) is 6.47. The molecular formula is C20H25N3OS. The van der Waals surface area contributed by atoms with E-state index in [0.29, 0.717) is 10.5 Å². The first-order valence-electron chi connectivity index (χ1n) is 8.85. The molecule has 0 saturated heterocycles. The van der Waals surface area contributed by atoms with Gasteiger partial charge in [0.25, 0.3) is 0 Å². The van der Waals surface area contributed by atoms with Crippen molar-refractivity contribution in [1.82, 2.24) is 14.9 Å². The lowest BCUT2D eigenvalue weighted by Gasteiger charge is -2.21. The van der Waals surface area contributed by atoms with E-state index in [9.17, 15) is 5.11 Å². The van der Waals surface area contributed by atoms with Crippen LogP contribution in [0.5, 0.6) is 5.75 Å². The van der Waals surface area contributed by atoms with E-state index < -0.39 is 0 Å². The Labute approximate surface area is 153 Å². The molecule has 4 nitrogen and oxygen atoms in total. The van der Waals surface area contributed by atoms with E-state index in [-0.39, 0.29) is 0 Å². The van der Waals surface area contributed by atoms with Crippen molar-refractivity contribution in [3.8, 4) is 5.75 Å². The van der Waals surface area contributed by atoms with E-state index in [1.807, 2.05) is 12.1 Å². The molecule has 0 aliphatic rings. The average Bonchev–Trinajstić information content (AvgIpc) is 2.96. The highest BCUT2D eigenvalue weighted by atomic mass is 32.1. The van der Waals surface area contributed by atoms with Crippen LogP contribution >= 0.6 is 12.2 Å². The molecule has 2 aromatic carbocycles. The van der Waals surface area contributed by atoms with Gasteiger partial charge in [-0.25, -0.2) is 0 Å². The number of phenolic OH excluding ortho intramolecular Hbond substituents is 1. The number of rotatable bonds is 8. The first kappa shape index (κ1) is 17.7. The number of nitrogens with one attached hydrogen (secondary N) is 2. The van der Waals surface area contributed by atoms with Crippen molar-refractivity contribution < 1.29 is 5.11 Å². The Morgan fingerprint density at radius 3 is 2.36 bits per heavy atom. The number of imidazole rings is 1. The lowest BCUT2D eigenvalue weighted by Crippen LogP contribution is -2.29. The van der Waals surface area contributed by atoms with Gasteiger partial charge in [0.15, 0.2) is 4.77 Å². The number of hydrogen-bond acceptors (Lipinski definition) is 3. The van der Waals surface area contributed by atoms with Gasteiger partial charge in [0.1, 0.15) is 5.75 Å². The van der Waals surface area contributed by atoms with Crippen LogP contribution in [0.3, 0.4) is 0 Å². The summed E-state index contributed by atoms with van der Waals surface area (Å²) in [6.07, 6.45) is 3.12. The Kier molecular flexibility index (Phi) is 5.89. The van der Waals surface area contributed by atoms with Gasteiger partial charge in [-0.3, -0.25) is 0 Å². The smallest absolute Gasteiger partial charge is 0.175 e. The summed E-state index contributed by atoms with van der Waals surface area (Å²) in [5.41, 5.74) is 4.63. The van der Waals surface area contributed by atoms with Crippen LogP contribution in [0.4, 0.5) is 0 Å². The number of nitrogens with zero attached hydrogens (tertiary/aromatic N) is 1. The van der Waals surface area contributed by atoms with Crippen LogP contribution in [0.2, 0.25) is 0 Å². The highest BCUT2D eigenvalue weighted by Gasteiger charge is 2.06. The summed E-state index contributed by atoms with van der Waals surface area (Å²) in [5, 5.41) is 9.60. The van der Waals surface area contributed by atoms with E-state index >= 15 is 0 Å². The maximum absolute atomic E-state index is 9.60. The molecule has 0 bridgehead atoms. The molecule has 0 atom stereocenters. The molecule has 0 spiro atoms. The highest BCUT2D eigenvalue weighted by molar-refractivity contribution is 7.71. The zero-order valence-corrected chi connectivity index (χ0v) is 15.4. The van der Waals surface area contributed by atoms with Crippen molar-refractivity contribution in [2.45, 2.75) is 26.2 Å². The topological polar surface area (TPSA) is 55.0 Å². The van der Waals surface area contributed by atoms with Crippen LogP contribution in [0.25, 0.3) is 11.0 Å². The molecule has 0 fully saturated rings. The minimum absolute atomic E-state index is 0.344. The summed E-state index contributed by atoms with van der Waals surface area (Å²) in [5.74, 6) is 0.344. The summed E-state index contributed by atoms with van der Waals surface area (Å²) in [6, 6.07) is 14.0. The van der Waals surface area contributed by atoms with Gasteiger partial charge in [0, 0.05) is 13.1 Å². The molecule has 1 heterocycles. The first-order valence-corrected chi connectivity index (χ1v) is 9.26. The zero-order chi connectivity index (χ0) is 17.6. The standard InChI is InChI=1S/C20H25N3OS/c1-2-10-23(11-8-15-4-3-5-17(24)13-15)12-9-16-6-7-18-19(14-16)22-20(25)21-18/h3-7,13-14,24H,2,8-12H2,1H3,(H2,21,22,25). The maximum atomic E-state index is 9.60. The van der Waals surface area contributed by atoms with Gasteiger partial charge in [-0.05, 0) is 73.4 Å². The van der Waals surface area contributed by atoms with Crippen molar-refractivity contribution in [3.63, 3.8) is 0 Å². The highest BCUT2D eigenvalue weighted by Crippen LogP contribution is 2.14. The van der Waals surface area contributed by atoms with Crippen molar-refractivity contribution in [3.05, 3.63) is 58.4 Å². The molecule has 0 aliphatic carbocycles. The monoisotopic (exact) mass is 355 g/mol.